The minimum absolute atomic E-state index is 0.129. The number of esters is 1. The Morgan fingerprint density at radius 3 is 2.75 bits per heavy atom. The van der Waals surface area contributed by atoms with Crippen molar-refractivity contribution in [1.82, 2.24) is 4.98 Å². The molecule has 0 fully saturated rings. The standard InChI is InChI=1S/C15H17NO4/c1-19-12-7-6-10-8-11(4-3-5-14(17)20-2)15(18)16-13(10)9-12/h6-9H,3-5H2,1-2H3,(H,16,18). The van der Waals surface area contributed by atoms with Gasteiger partial charge in [-0.25, -0.2) is 0 Å². The zero-order valence-corrected chi connectivity index (χ0v) is 11.6. The van der Waals surface area contributed by atoms with Crippen molar-refractivity contribution in [2.75, 3.05) is 14.2 Å². The molecule has 0 bridgehead atoms. The van der Waals surface area contributed by atoms with Gasteiger partial charge >= 0.3 is 5.97 Å². The third-order valence-electron chi connectivity index (χ3n) is 3.18. The molecule has 0 aliphatic carbocycles. The Bertz CT molecular complexity index is 675. The summed E-state index contributed by atoms with van der Waals surface area (Å²) < 4.78 is 9.70. The highest BCUT2D eigenvalue weighted by Crippen LogP contribution is 2.18. The van der Waals surface area contributed by atoms with Crippen molar-refractivity contribution in [2.24, 2.45) is 0 Å². The van der Waals surface area contributed by atoms with Crippen LogP contribution in [-0.2, 0) is 16.0 Å². The van der Waals surface area contributed by atoms with Crippen LogP contribution in [0.2, 0.25) is 0 Å². The number of rotatable bonds is 5. The summed E-state index contributed by atoms with van der Waals surface area (Å²) in [5, 5.41) is 0.943. The fourth-order valence-corrected chi connectivity index (χ4v) is 2.06. The molecule has 5 heteroatoms. The number of carbonyl (C=O) groups is 1. The van der Waals surface area contributed by atoms with E-state index in [9.17, 15) is 9.59 Å². The smallest absolute Gasteiger partial charge is 0.305 e. The van der Waals surface area contributed by atoms with Gasteiger partial charge in [0.05, 0.1) is 19.7 Å². The van der Waals surface area contributed by atoms with Gasteiger partial charge in [-0.1, -0.05) is 0 Å². The van der Waals surface area contributed by atoms with Crippen LogP contribution in [0.1, 0.15) is 18.4 Å². The second kappa shape index (κ2) is 6.23. The summed E-state index contributed by atoms with van der Waals surface area (Å²) in [6.45, 7) is 0. The fraction of sp³-hybridized carbons (Fsp3) is 0.333. The molecule has 2 rings (SSSR count). The molecule has 0 radical (unpaired) electrons. The maximum Gasteiger partial charge on any atom is 0.305 e. The van der Waals surface area contributed by atoms with E-state index in [0.29, 0.717) is 30.6 Å². The first kappa shape index (κ1) is 14.1. The van der Waals surface area contributed by atoms with Gasteiger partial charge < -0.3 is 14.5 Å². The summed E-state index contributed by atoms with van der Waals surface area (Å²) in [5.41, 5.74) is 1.29. The van der Waals surface area contributed by atoms with Crippen molar-refractivity contribution in [2.45, 2.75) is 19.3 Å². The maximum atomic E-state index is 12.0. The first-order chi connectivity index (χ1) is 9.63. The van der Waals surface area contributed by atoms with Gasteiger partial charge in [0.15, 0.2) is 0 Å². The molecule has 0 saturated carbocycles. The van der Waals surface area contributed by atoms with Crippen LogP contribution in [0, 0.1) is 0 Å². The summed E-state index contributed by atoms with van der Waals surface area (Å²) in [5.74, 6) is 0.443. The van der Waals surface area contributed by atoms with Gasteiger partial charge in [0.25, 0.3) is 5.56 Å². The van der Waals surface area contributed by atoms with Crippen LogP contribution in [-0.4, -0.2) is 25.2 Å². The van der Waals surface area contributed by atoms with Gasteiger partial charge in [-0.3, -0.25) is 9.59 Å². The number of benzene rings is 1. The second-order valence-electron chi connectivity index (χ2n) is 4.51. The van der Waals surface area contributed by atoms with E-state index >= 15 is 0 Å². The molecule has 20 heavy (non-hydrogen) atoms. The summed E-state index contributed by atoms with van der Waals surface area (Å²) in [4.78, 5) is 25.8. The van der Waals surface area contributed by atoms with Crippen molar-refractivity contribution >= 4 is 16.9 Å². The number of nitrogens with one attached hydrogen (secondary N) is 1. The number of carbonyl (C=O) groups excluding carboxylic acids is 1. The number of ether oxygens (including phenoxy) is 2. The number of fused-ring (bicyclic) bond motifs is 1. The van der Waals surface area contributed by atoms with E-state index in [1.165, 1.54) is 7.11 Å². The number of aryl methyl sites for hydroxylation is 1. The Morgan fingerprint density at radius 2 is 2.05 bits per heavy atom. The van der Waals surface area contributed by atoms with E-state index < -0.39 is 0 Å². The minimum Gasteiger partial charge on any atom is -0.497 e. The molecule has 1 aromatic heterocycles. The molecule has 2 aromatic rings. The molecule has 0 amide bonds. The molecule has 1 N–H and O–H groups in total. The number of hydrogen-bond donors (Lipinski definition) is 1. The normalized spacial score (nSPS) is 10.5. The summed E-state index contributed by atoms with van der Waals surface area (Å²) >= 11 is 0. The van der Waals surface area contributed by atoms with Crippen LogP contribution in [0.15, 0.2) is 29.1 Å². The highest BCUT2D eigenvalue weighted by atomic mass is 16.5. The van der Waals surface area contributed by atoms with E-state index in [2.05, 4.69) is 9.72 Å². The van der Waals surface area contributed by atoms with Gasteiger partial charge in [0.1, 0.15) is 5.75 Å². The lowest BCUT2D eigenvalue weighted by Crippen LogP contribution is -2.13. The van der Waals surface area contributed by atoms with Gasteiger partial charge in [-0.2, -0.15) is 0 Å². The molecular weight excluding hydrogens is 258 g/mol. The lowest BCUT2D eigenvalue weighted by molar-refractivity contribution is -0.140. The first-order valence-corrected chi connectivity index (χ1v) is 6.41. The zero-order valence-electron chi connectivity index (χ0n) is 11.6. The third-order valence-corrected chi connectivity index (χ3v) is 3.18. The Balaban J connectivity index is 2.20. The molecule has 1 heterocycles. The van der Waals surface area contributed by atoms with Gasteiger partial charge in [0.2, 0.25) is 0 Å². The molecule has 0 aliphatic rings. The molecule has 0 aliphatic heterocycles. The lowest BCUT2D eigenvalue weighted by Gasteiger charge is -2.05. The van der Waals surface area contributed by atoms with Crippen LogP contribution < -0.4 is 10.3 Å². The number of pyridine rings is 1. The number of hydrogen-bond acceptors (Lipinski definition) is 4. The highest BCUT2D eigenvalue weighted by molar-refractivity contribution is 5.80. The number of aromatic nitrogens is 1. The Morgan fingerprint density at radius 1 is 1.25 bits per heavy atom. The molecule has 1 aromatic carbocycles. The van der Waals surface area contributed by atoms with E-state index in [0.717, 1.165) is 10.9 Å². The first-order valence-electron chi connectivity index (χ1n) is 6.41. The Kier molecular flexibility index (Phi) is 4.40. The largest absolute Gasteiger partial charge is 0.497 e. The van der Waals surface area contributed by atoms with Crippen molar-refractivity contribution in [1.29, 1.82) is 0 Å². The zero-order chi connectivity index (χ0) is 14.5. The van der Waals surface area contributed by atoms with E-state index in [4.69, 9.17) is 4.74 Å². The van der Waals surface area contributed by atoms with Gasteiger partial charge in [-0.15, -0.1) is 0 Å². The highest BCUT2D eigenvalue weighted by Gasteiger charge is 2.06. The van der Waals surface area contributed by atoms with Crippen LogP contribution in [0.4, 0.5) is 0 Å². The summed E-state index contributed by atoms with van der Waals surface area (Å²) in [6.07, 6.45) is 1.46. The third kappa shape index (κ3) is 3.17. The molecule has 0 unspecified atom stereocenters. The van der Waals surface area contributed by atoms with Crippen molar-refractivity contribution in [3.8, 4) is 5.75 Å². The second-order valence-corrected chi connectivity index (χ2v) is 4.51. The van der Waals surface area contributed by atoms with E-state index in [-0.39, 0.29) is 11.5 Å². The average molecular weight is 275 g/mol. The quantitative estimate of drug-likeness (QED) is 0.848. The van der Waals surface area contributed by atoms with Crippen LogP contribution in [0.5, 0.6) is 5.75 Å². The Hall–Kier alpha value is -2.30. The molecule has 5 nitrogen and oxygen atoms in total. The van der Waals surface area contributed by atoms with Gasteiger partial charge in [0, 0.05) is 18.1 Å². The molecule has 0 spiro atoms. The molecule has 0 saturated heterocycles. The van der Waals surface area contributed by atoms with Crippen molar-refractivity contribution < 1.29 is 14.3 Å². The van der Waals surface area contributed by atoms with Gasteiger partial charge in [-0.05, 0) is 36.4 Å². The predicted molar refractivity (Wildman–Crippen MR) is 76.1 cm³/mol. The van der Waals surface area contributed by atoms with Crippen LogP contribution >= 0.6 is 0 Å². The molecular formula is C15H17NO4. The van der Waals surface area contributed by atoms with Crippen molar-refractivity contribution in [3.05, 3.63) is 40.2 Å². The van der Waals surface area contributed by atoms with E-state index in [1.807, 2.05) is 18.2 Å². The lowest BCUT2D eigenvalue weighted by atomic mass is 10.1. The minimum atomic E-state index is -0.257. The summed E-state index contributed by atoms with van der Waals surface area (Å²) in [6, 6.07) is 7.38. The summed E-state index contributed by atoms with van der Waals surface area (Å²) in [7, 11) is 2.94. The van der Waals surface area contributed by atoms with Crippen molar-refractivity contribution in [3.63, 3.8) is 0 Å². The molecule has 106 valence electrons. The number of methoxy groups -OCH3 is 2. The number of aromatic amines is 1. The predicted octanol–water partition coefficient (Wildman–Crippen LogP) is 2.03. The monoisotopic (exact) mass is 275 g/mol. The van der Waals surface area contributed by atoms with E-state index in [1.54, 1.807) is 13.2 Å². The van der Waals surface area contributed by atoms with Crippen LogP contribution in [0.3, 0.4) is 0 Å². The average Bonchev–Trinajstić information content (AvgIpc) is 2.46. The molecule has 0 atom stereocenters. The van der Waals surface area contributed by atoms with Crippen LogP contribution in [0.25, 0.3) is 10.9 Å². The number of H-pyrrole nitrogens is 1. The fourth-order valence-electron chi connectivity index (χ4n) is 2.06. The topological polar surface area (TPSA) is 68.4 Å². The Labute approximate surface area is 116 Å². The SMILES string of the molecule is COC(=O)CCCc1cc2ccc(OC)cc2[nH]c1=O. The maximum absolute atomic E-state index is 12.0.